The predicted molar refractivity (Wildman–Crippen MR) is 81.4 cm³/mol. The molecule has 0 aliphatic heterocycles. The topological polar surface area (TPSA) is 71.1 Å². The molecule has 0 aliphatic carbocycles. The normalized spacial score (nSPS) is 11.9. The molecule has 0 aliphatic rings. The van der Waals surface area contributed by atoms with Crippen LogP contribution in [0.15, 0.2) is 23.4 Å². The molecule has 0 unspecified atom stereocenters. The predicted octanol–water partition coefficient (Wildman–Crippen LogP) is 2.41. The van der Waals surface area contributed by atoms with Crippen molar-refractivity contribution in [3.8, 4) is 5.75 Å². The molecule has 3 N–H and O–H groups in total. The van der Waals surface area contributed by atoms with Crippen LogP contribution in [-0.2, 0) is 6.54 Å². The van der Waals surface area contributed by atoms with Crippen LogP contribution in [0.4, 0.5) is 0 Å². The Labute approximate surface area is 121 Å². The second kappa shape index (κ2) is 8.43. The van der Waals surface area contributed by atoms with E-state index in [1.54, 1.807) is 7.11 Å². The highest BCUT2D eigenvalue weighted by molar-refractivity contribution is 5.99. The number of hydrogen-bond donors (Lipinski definition) is 2. The Balaban J connectivity index is 2.86. The van der Waals surface area contributed by atoms with Crippen molar-refractivity contribution < 1.29 is 9.94 Å². The van der Waals surface area contributed by atoms with E-state index in [0.29, 0.717) is 11.3 Å². The van der Waals surface area contributed by atoms with Gasteiger partial charge in [-0.15, -0.1) is 0 Å². The zero-order valence-corrected chi connectivity index (χ0v) is 12.6. The summed E-state index contributed by atoms with van der Waals surface area (Å²) in [6, 6.07) is 5.77. The monoisotopic (exact) mass is 279 g/mol. The van der Waals surface area contributed by atoms with E-state index < -0.39 is 0 Å². The average molecular weight is 279 g/mol. The largest absolute Gasteiger partial charge is 0.496 e. The fraction of sp³-hybridized carbons (Fsp3) is 0.533. The summed E-state index contributed by atoms with van der Waals surface area (Å²) in [5, 5.41) is 11.8. The summed E-state index contributed by atoms with van der Waals surface area (Å²) in [7, 11) is 1.59. The lowest BCUT2D eigenvalue weighted by molar-refractivity contribution is 0.275. The summed E-state index contributed by atoms with van der Waals surface area (Å²) in [5.74, 6) is 0.691. The second-order valence-corrected chi connectivity index (χ2v) is 4.74. The molecule has 5 nitrogen and oxygen atoms in total. The Kier molecular flexibility index (Phi) is 6.87. The quantitative estimate of drug-likeness (QED) is 0.332. The Bertz CT molecular complexity index is 447. The van der Waals surface area contributed by atoms with Gasteiger partial charge in [0.15, 0.2) is 5.84 Å². The van der Waals surface area contributed by atoms with Gasteiger partial charge in [0.2, 0.25) is 0 Å². The summed E-state index contributed by atoms with van der Waals surface area (Å²) in [4.78, 5) is 2.39. The van der Waals surface area contributed by atoms with Crippen LogP contribution in [-0.4, -0.2) is 36.1 Å². The number of amidine groups is 1. The Morgan fingerprint density at radius 1 is 1.40 bits per heavy atom. The van der Waals surface area contributed by atoms with Crippen LogP contribution in [0, 0.1) is 0 Å². The highest BCUT2D eigenvalue weighted by Crippen LogP contribution is 2.21. The SMILES string of the molecule is CCCCN(CC)Cc1ccc(/C(N)=N/O)c(OC)c1. The van der Waals surface area contributed by atoms with E-state index in [9.17, 15) is 0 Å². The summed E-state index contributed by atoms with van der Waals surface area (Å²) < 4.78 is 5.31. The summed E-state index contributed by atoms with van der Waals surface area (Å²) in [5.41, 5.74) is 7.39. The van der Waals surface area contributed by atoms with Crippen molar-refractivity contribution in [2.24, 2.45) is 10.9 Å². The zero-order valence-electron chi connectivity index (χ0n) is 12.6. The van der Waals surface area contributed by atoms with Gasteiger partial charge in [-0.25, -0.2) is 0 Å². The third-order valence-electron chi connectivity index (χ3n) is 3.33. The maximum atomic E-state index is 8.76. The lowest BCUT2D eigenvalue weighted by Crippen LogP contribution is -2.24. The number of ether oxygens (including phenoxy) is 1. The number of unbranched alkanes of at least 4 members (excludes halogenated alkanes) is 1. The lowest BCUT2D eigenvalue weighted by atomic mass is 10.1. The minimum absolute atomic E-state index is 0.0618. The van der Waals surface area contributed by atoms with Gasteiger partial charge in [-0.2, -0.15) is 0 Å². The minimum Gasteiger partial charge on any atom is -0.496 e. The van der Waals surface area contributed by atoms with Crippen molar-refractivity contribution in [1.29, 1.82) is 0 Å². The van der Waals surface area contributed by atoms with Gasteiger partial charge in [0.25, 0.3) is 0 Å². The first-order chi connectivity index (χ1) is 9.65. The molecule has 5 heteroatoms. The van der Waals surface area contributed by atoms with Gasteiger partial charge in [-0.05, 0) is 37.2 Å². The molecule has 1 rings (SSSR count). The summed E-state index contributed by atoms with van der Waals surface area (Å²) in [6.45, 7) is 7.35. The van der Waals surface area contributed by atoms with Gasteiger partial charge < -0.3 is 15.7 Å². The van der Waals surface area contributed by atoms with E-state index in [-0.39, 0.29) is 5.84 Å². The van der Waals surface area contributed by atoms with Crippen LogP contribution in [0.3, 0.4) is 0 Å². The zero-order chi connectivity index (χ0) is 15.0. The molecule has 0 fully saturated rings. The third kappa shape index (κ3) is 4.42. The van der Waals surface area contributed by atoms with Gasteiger partial charge in [-0.1, -0.05) is 31.5 Å². The first-order valence-electron chi connectivity index (χ1n) is 7.03. The van der Waals surface area contributed by atoms with Gasteiger partial charge in [0, 0.05) is 6.54 Å². The van der Waals surface area contributed by atoms with Crippen LogP contribution >= 0.6 is 0 Å². The molecule has 112 valence electrons. The van der Waals surface area contributed by atoms with Gasteiger partial charge >= 0.3 is 0 Å². The first kappa shape index (κ1) is 16.3. The van der Waals surface area contributed by atoms with E-state index in [2.05, 4.69) is 23.9 Å². The van der Waals surface area contributed by atoms with E-state index in [4.69, 9.17) is 15.7 Å². The molecule has 0 amide bonds. The fourth-order valence-corrected chi connectivity index (χ4v) is 2.09. The fourth-order valence-electron chi connectivity index (χ4n) is 2.09. The van der Waals surface area contributed by atoms with E-state index >= 15 is 0 Å². The smallest absolute Gasteiger partial charge is 0.173 e. The molecule has 0 aromatic heterocycles. The molecule has 0 saturated carbocycles. The first-order valence-corrected chi connectivity index (χ1v) is 7.03. The third-order valence-corrected chi connectivity index (χ3v) is 3.33. The van der Waals surface area contributed by atoms with Crippen LogP contribution in [0.25, 0.3) is 0 Å². The molecule has 20 heavy (non-hydrogen) atoms. The molecule has 0 saturated heterocycles. The summed E-state index contributed by atoms with van der Waals surface area (Å²) >= 11 is 0. The average Bonchev–Trinajstić information content (AvgIpc) is 2.50. The Morgan fingerprint density at radius 3 is 2.70 bits per heavy atom. The van der Waals surface area contributed by atoms with Crippen molar-refractivity contribution in [2.45, 2.75) is 33.2 Å². The molecule has 1 aromatic carbocycles. The van der Waals surface area contributed by atoms with Crippen molar-refractivity contribution in [3.63, 3.8) is 0 Å². The van der Waals surface area contributed by atoms with E-state index in [1.165, 1.54) is 12.8 Å². The van der Waals surface area contributed by atoms with E-state index in [0.717, 1.165) is 25.2 Å². The number of methoxy groups -OCH3 is 1. The van der Waals surface area contributed by atoms with Gasteiger partial charge in [0.05, 0.1) is 12.7 Å². The van der Waals surface area contributed by atoms with Gasteiger partial charge in [0.1, 0.15) is 5.75 Å². The maximum Gasteiger partial charge on any atom is 0.173 e. The minimum atomic E-state index is 0.0618. The number of nitrogens with zero attached hydrogens (tertiary/aromatic N) is 2. The molecule has 1 aromatic rings. The Hall–Kier alpha value is -1.75. The standard InChI is InChI=1S/C15H25N3O2/c1-4-6-9-18(5-2)11-12-7-8-13(15(16)17-19)14(10-12)20-3/h7-8,10,19H,4-6,9,11H2,1-3H3,(H2,16,17). The Morgan fingerprint density at radius 2 is 2.15 bits per heavy atom. The van der Waals surface area contributed by atoms with Crippen LogP contribution in [0.5, 0.6) is 5.75 Å². The van der Waals surface area contributed by atoms with Crippen LogP contribution in [0.1, 0.15) is 37.8 Å². The number of hydrogen-bond acceptors (Lipinski definition) is 4. The van der Waals surface area contributed by atoms with Crippen molar-refractivity contribution >= 4 is 5.84 Å². The van der Waals surface area contributed by atoms with E-state index in [1.807, 2.05) is 18.2 Å². The molecular weight excluding hydrogens is 254 g/mol. The van der Waals surface area contributed by atoms with Crippen molar-refractivity contribution in [3.05, 3.63) is 29.3 Å². The van der Waals surface area contributed by atoms with Crippen LogP contribution in [0.2, 0.25) is 0 Å². The number of benzene rings is 1. The summed E-state index contributed by atoms with van der Waals surface area (Å²) in [6.07, 6.45) is 2.40. The number of oxime groups is 1. The highest BCUT2D eigenvalue weighted by atomic mass is 16.5. The second-order valence-electron chi connectivity index (χ2n) is 4.74. The van der Waals surface area contributed by atoms with Crippen LogP contribution < -0.4 is 10.5 Å². The van der Waals surface area contributed by atoms with Gasteiger partial charge in [-0.3, -0.25) is 4.90 Å². The lowest BCUT2D eigenvalue weighted by Gasteiger charge is -2.20. The molecule has 0 bridgehead atoms. The maximum absolute atomic E-state index is 8.76. The van der Waals surface area contributed by atoms with Crippen molar-refractivity contribution in [2.75, 3.05) is 20.2 Å². The molecular formula is C15H25N3O2. The molecule has 0 atom stereocenters. The number of nitrogens with two attached hydrogens (primary N) is 1. The highest BCUT2D eigenvalue weighted by Gasteiger charge is 2.10. The number of rotatable bonds is 8. The molecule has 0 heterocycles. The molecule has 0 spiro atoms. The van der Waals surface area contributed by atoms with Crippen molar-refractivity contribution in [1.82, 2.24) is 4.90 Å². The molecule has 0 radical (unpaired) electrons.